The minimum Gasteiger partial charge on any atom is -0.383 e. The van der Waals surface area contributed by atoms with E-state index in [2.05, 4.69) is 17.3 Å². The zero-order valence-corrected chi connectivity index (χ0v) is 8.66. The van der Waals surface area contributed by atoms with Gasteiger partial charge in [-0.25, -0.2) is 0 Å². The molecule has 1 aromatic heterocycles. The van der Waals surface area contributed by atoms with Crippen molar-refractivity contribution in [3.05, 3.63) is 11.9 Å². The number of nitrogens with one attached hydrogen (secondary N) is 1. The zero-order chi connectivity index (χ0) is 9.84. The first-order chi connectivity index (χ1) is 6.15. The van der Waals surface area contributed by atoms with Crippen LogP contribution in [0.1, 0.15) is 12.6 Å². The second-order valence-electron chi connectivity index (χ2n) is 3.27. The Morgan fingerprint density at radius 3 is 2.85 bits per heavy atom. The lowest BCUT2D eigenvalue weighted by atomic mass is 10.3. The highest BCUT2D eigenvalue weighted by Crippen LogP contribution is 2.13. The Bertz CT molecular complexity index is 270. The molecule has 0 aliphatic heterocycles. The number of methoxy groups -OCH3 is 1. The van der Waals surface area contributed by atoms with E-state index in [0.29, 0.717) is 12.6 Å². The number of hydrogen-bond donors (Lipinski definition) is 1. The summed E-state index contributed by atoms with van der Waals surface area (Å²) in [7, 11) is 3.63. The van der Waals surface area contributed by atoms with Crippen molar-refractivity contribution >= 4 is 5.69 Å². The number of hydrogen-bond acceptors (Lipinski definition) is 3. The van der Waals surface area contributed by atoms with Gasteiger partial charge < -0.3 is 10.1 Å². The fourth-order valence-corrected chi connectivity index (χ4v) is 1.20. The van der Waals surface area contributed by atoms with E-state index in [1.54, 1.807) is 7.11 Å². The average molecular weight is 183 g/mol. The van der Waals surface area contributed by atoms with E-state index >= 15 is 0 Å². The van der Waals surface area contributed by atoms with E-state index in [1.165, 1.54) is 0 Å². The topological polar surface area (TPSA) is 39.1 Å². The molecule has 0 spiro atoms. The first-order valence-corrected chi connectivity index (χ1v) is 4.39. The van der Waals surface area contributed by atoms with Crippen LogP contribution >= 0.6 is 0 Å². The Balaban J connectivity index is 2.58. The largest absolute Gasteiger partial charge is 0.383 e. The van der Waals surface area contributed by atoms with E-state index in [0.717, 1.165) is 11.4 Å². The van der Waals surface area contributed by atoms with Gasteiger partial charge in [-0.2, -0.15) is 5.10 Å². The Labute approximate surface area is 78.9 Å². The third-order valence-corrected chi connectivity index (χ3v) is 2.05. The van der Waals surface area contributed by atoms with Crippen LogP contribution < -0.4 is 5.32 Å². The van der Waals surface area contributed by atoms with E-state index in [4.69, 9.17) is 4.74 Å². The van der Waals surface area contributed by atoms with Gasteiger partial charge in [-0.3, -0.25) is 4.68 Å². The van der Waals surface area contributed by atoms with Gasteiger partial charge in [-0.05, 0) is 13.8 Å². The summed E-state index contributed by atoms with van der Waals surface area (Å²) < 4.78 is 6.88. The van der Waals surface area contributed by atoms with Crippen LogP contribution in [0.4, 0.5) is 5.69 Å². The number of aromatic nitrogens is 2. The highest BCUT2D eigenvalue weighted by atomic mass is 16.5. The molecule has 1 unspecified atom stereocenters. The molecule has 0 aliphatic carbocycles. The second kappa shape index (κ2) is 4.28. The van der Waals surface area contributed by atoms with Crippen LogP contribution in [0.15, 0.2) is 6.20 Å². The number of anilines is 1. The molecule has 1 rings (SSSR count). The predicted molar refractivity (Wildman–Crippen MR) is 52.9 cm³/mol. The van der Waals surface area contributed by atoms with Gasteiger partial charge in [0.05, 0.1) is 24.2 Å². The maximum absolute atomic E-state index is 5.03. The molecule has 74 valence electrons. The minimum atomic E-state index is 0.313. The van der Waals surface area contributed by atoms with Crippen LogP contribution in [0.5, 0.6) is 0 Å². The van der Waals surface area contributed by atoms with Crippen molar-refractivity contribution in [2.75, 3.05) is 19.0 Å². The lowest BCUT2D eigenvalue weighted by Crippen LogP contribution is -2.21. The summed E-state index contributed by atoms with van der Waals surface area (Å²) in [4.78, 5) is 0. The molecule has 0 aliphatic rings. The molecule has 0 radical (unpaired) electrons. The van der Waals surface area contributed by atoms with Gasteiger partial charge in [-0.1, -0.05) is 0 Å². The van der Waals surface area contributed by atoms with Gasteiger partial charge in [0.15, 0.2) is 0 Å². The SMILES string of the molecule is COCC(C)Nc1cnn(C)c1C. The van der Waals surface area contributed by atoms with Crippen LogP contribution in [0.25, 0.3) is 0 Å². The molecule has 1 atom stereocenters. The van der Waals surface area contributed by atoms with E-state index in [-0.39, 0.29) is 0 Å². The number of ether oxygens (including phenoxy) is 1. The molecule has 4 nitrogen and oxygen atoms in total. The lowest BCUT2D eigenvalue weighted by Gasteiger charge is -2.13. The van der Waals surface area contributed by atoms with E-state index in [1.807, 2.05) is 24.9 Å². The lowest BCUT2D eigenvalue weighted by molar-refractivity contribution is 0.190. The third kappa shape index (κ3) is 2.45. The van der Waals surface area contributed by atoms with E-state index in [9.17, 15) is 0 Å². The maximum atomic E-state index is 5.03. The highest BCUT2D eigenvalue weighted by molar-refractivity contribution is 5.46. The van der Waals surface area contributed by atoms with Crippen LogP contribution in [0.2, 0.25) is 0 Å². The number of nitrogens with zero attached hydrogens (tertiary/aromatic N) is 2. The average Bonchev–Trinajstić information content (AvgIpc) is 2.37. The number of rotatable bonds is 4. The maximum Gasteiger partial charge on any atom is 0.0758 e. The van der Waals surface area contributed by atoms with Gasteiger partial charge >= 0.3 is 0 Å². The molecule has 1 aromatic rings. The predicted octanol–water partition coefficient (Wildman–Crippen LogP) is 1.18. The molecule has 0 aromatic carbocycles. The van der Waals surface area contributed by atoms with Crippen molar-refractivity contribution in [3.63, 3.8) is 0 Å². The van der Waals surface area contributed by atoms with Crippen molar-refractivity contribution in [1.82, 2.24) is 9.78 Å². The van der Waals surface area contributed by atoms with Crippen LogP contribution in [-0.2, 0) is 11.8 Å². The first kappa shape index (κ1) is 10.1. The normalized spacial score (nSPS) is 12.9. The van der Waals surface area contributed by atoms with Gasteiger partial charge in [0.1, 0.15) is 0 Å². The number of aryl methyl sites for hydroxylation is 1. The van der Waals surface area contributed by atoms with Crippen molar-refractivity contribution in [1.29, 1.82) is 0 Å². The van der Waals surface area contributed by atoms with Crippen molar-refractivity contribution in [2.24, 2.45) is 7.05 Å². The summed E-state index contributed by atoms with van der Waals surface area (Å²) in [6, 6.07) is 0.313. The molecule has 0 fully saturated rings. The Morgan fingerprint density at radius 2 is 2.38 bits per heavy atom. The highest BCUT2D eigenvalue weighted by Gasteiger charge is 2.06. The molecular formula is C9H17N3O. The Morgan fingerprint density at radius 1 is 1.69 bits per heavy atom. The first-order valence-electron chi connectivity index (χ1n) is 4.39. The Kier molecular flexibility index (Phi) is 3.31. The van der Waals surface area contributed by atoms with E-state index < -0.39 is 0 Å². The molecule has 0 saturated heterocycles. The van der Waals surface area contributed by atoms with Crippen LogP contribution in [0, 0.1) is 6.92 Å². The summed E-state index contributed by atoms with van der Waals surface area (Å²) in [6.45, 7) is 4.82. The quantitative estimate of drug-likeness (QED) is 0.761. The van der Waals surface area contributed by atoms with Crippen LogP contribution in [-0.4, -0.2) is 29.5 Å². The molecule has 1 heterocycles. The smallest absolute Gasteiger partial charge is 0.0758 e. The standard InChI is InChI=1S/C9H17N3O/c1-7(6-13-4)11-9-5-10-12(3)8(9)2/h5,7,11H,6H2,1-4H3. The van der Waals surface area contributed by atoms with Crippen LogP contribution in [0.3, 0.4) is 0 Å². The summed E-state index contributed by atoms with van der Waals surface area (Å²) in [5.74, 6) is 0. The van der Waals surface area contributed by atoms with Crippen molar-refractivity contribution in [3.8, 4) is 0 Å². The summed E-state index contributed by atoms with van der Waals surface area (Å²) in [5.41, 5.74) is 2.22. The molecule has 13 heavy (non-hydrogen) atoms. The second-order valence-corrected chi connectivity index (χ2v) is 3.27. The van der Waals surface area contributed by atoms with Gasteiger partial charge in [0.2, 0.25) is 0 Å². The molecule has 1 N–H and O–H groups in total. The molecule has 4 heteroatoms. The summed E-state index contributed by atoms with van der Waals surface area (Å²) in [6.07, 6.45) is 1.83. The zero-order valence-electron chi connectivity index (χ0n) is 8.66. The molecule has 0 amide bonds. The van der Waals surface area contributed by atoms with Gasteiger partial charge in [-0.15, -0.1) is 0 Å². The Hall–Kier alpha value is -1.03. The minimum absolute atomic E-state index is 0.313. The fourth-order valence-electron chi connectivity index (χ4n) is 1.20. The van der Waals surface area contributed by atoms with Gasteiger partial charge in [0, 0.05) is 20.2 Å². The molecular weight excluding hydrogens is 166 g/mol. The molecule has 0 bridgehead atoms. The third-order valence-electron chi connectivity index (χ3n) is 2.05. The summed E-state index contributed by atoms with van der Waals surface area (Å²) in [5, 5.41) is 7.47. The molecule has 0 saturated carbocycles. The fraction of sp³-hybridized carbons (Fsp3) is 0.667. The van der Waals surface area contributed by atoms with Crippen molar-refractivity contribution in [2.45, 2.75) is 19.9 Å². The van der Waals surface area contributed by atoms with Crippen molar-refractivity contribution < 1.29 is 4.74 Å². The van der Waals surface area contributed by atoms with Gasteiger partial charge in [0.25, 0.3) is 0 Å². The monoisotopic (exact) mass is 183 g/mol. The summed E-state index contributed by atoms with van der Waals surface area (Å²) >= 11 is 0.